The summed E-state index contributed by atoms with van der Waals surface area (Å²) in [7, 11) is 0. The molecule has 0 aliphatic carbocycles. The van der Waals surface area contributed by atoms with Gasteiger partial charge in [0.25, 0.3) is 5.91 Å². The van der Waals surface area contributed by atoms with Crippen LogP contribution in [0.25, 0.3) is 6.08 Å². The third-order valence-electron chi connectivity index (χ3n) is 7.67. The number of halogens is 1. The summed E-state index contributed by atoms with van der Waals surface area (Å²) < 4.78 is 13.6. The maximum atomic E-state index is 13.7. The highest BCUT2D eigenvalue weighted by Crippen LogP contribution is 2.43. The summed E-state index contributed by atoms with van der Waals surface area (Å²) in [6.07, 6.45) is 5.56. The number of nitrogens with zero attached hydrogens (tertiary/aromatic N) is 2. The Morgan fingerprint density at radius 1 is 0.975 bits per heavy atom. The summed E-state index contributed by atoms with van der Waals surface area (Å²) in [5, 5.41) is 0. The third kappa shape index (κ3) is 7.10. The van der Waals surface area contributed by atoms with Gasteiger partial charge >= 0.3 is 0 Å². The molecule has 1 saturated heterocycles. The van der Waals surface area contributed by atoms with Gasteiger partial charge in [-0.15, -0.1) is 0 Å². The molecule has 2 aliphatic rings. The summed E-state index contributed by atoms with van der Waals surface area (Å²) in [5.74, 6) is 1.14. The third-order valence-corrected chi connectivity index (χ3v) is 8.75. The molecule has 40 heavy (non-hydrogen) atoms. The first-order chi connectivity index (χ1) is 19.4. The number of benzene rings is 3. The van der Waals surface area contributed by atoms with Crippen molar-refractivity contribution in [3.05, 3.63) is 100 Å². The molecule has 0 bridgehead atoms. The average molecular weight is 557 g/mol. The number of carbonyl (C=O) groups is 2. The molecule has 4 nitrogen and oxygen atoms in total. The lowest BCUT2D eigenvalue weighted by Crippen LogP contribution is -2.39. The monoisotopic (exact) mass is 556 g/mol. The van der Waals surface area contributed by atoms with E-state index >= 15 is 0 Å². The second-order valence-electron chi connectivity index (χ2n) is 11.3. The highest BCUT2D eigenvalue weighted by atomic mass is 32.2. The number of hydrogen-bond donors (Lipinski definition) is 0. The van der Waals surface area contributed by atoms with Crippen molar-refractivity contribution in [2.24, 2.45) is 11.8 Å². The lowest BCUT2D eigenvalue weighted by Gasteiger charge is -2.34. The lowest BCUT2D eigenvalue weighted by atomic mass is 9.92. The molecule has 2 atom stereocenters. The summed E-state index contributed by atoms with van der Waals surface area (Å²) in [4.78, 5) is 32.7. The van der Waals surface area contributed by atoms with Crippen molar-refractivity contribution in [2.45, 2.75) is 51.0 Å². The van der Waals surface area contributed by atoms with Gasteiger partial charge in [-0.1, -0.05) is 74.1 Å². The number of ketones is 1. The van der Waals surface area contributed by atoms with Crippen LogP contribution in [0.5, 0.6) is 0 Å². The molecule has 2 heterocycles. The second-order valence-corrected chi connectivity index (χ2v) is 12.4. The molecule has 0 radical (unpaired) electrons. The van der Waals surface area contributed by atoms with Crippen LogP contribution in [-0.4, -0.2) is 36.2 Å². The molecule has 2 aliphatic heterocycles. The van der Waals surface area contributed by atoms with Gasteiger partial charge in [0.1, 0.15) is 5.82 Å². The van der Waals surface area contributed by atoms with Crippen LogP contribution in [0.1, 0.15) is 61.0 Å². The molecule has 3 aromatic carbocycles. The van der Waals surface area contributed by atoms with Gasteiger partial charge < -0.3 is 9.80 Å². The number of piperidine rings is 1. The van der Waals surface area contributed by atoms with Crippen LogP contribution in [0.4, 0.5) is 10.1 Å². The van der Waals surface area contributed by atoms with E-state index in [9.17, 15) is 14.0 Å². The first kappa shape index (κ1) is 28.3. The number of fused-ring (bicyclic) bond motifs is 1. The van der Waals surface area contributed by atoms with Crippen LogP contribution in [0, 0.1) is 17.7 Å². The molecule has 208 valence electrons. The van der Waals surface area contributed by atoms with Crippen molar-refractivity contribution in [3.63, 3.8) is 0 Å². The number of carbonyl (C=O) groups excluding carboxylic acids is 2. The number of rotatable bonds is 9. The van der Waals surface area contributed by atoms with E-state index in [0.29, 0.717) is 23.4 Å². The second kappa shape index (κ2) is 13.0. The predicted molar refractivity (Wildman–Crippen MR) is 162 cm³/mol. The zero-order valence-electron chi connectivity index (χ0n) is 23.3. The average Bonchev–Trinajstić information content (AvgIpc) is 2.94. The van der Waals surface area contributed by atoms with E-state index in [1.54, 1.807) is 17.0 Å². The Morgan fingerprint density at radius 2 is 1.70 bits per heavy atom. The van der Waals surface area contributed by atoms with Gasteiger partial charge in [-0.2, -0.15) is 0 Å². The summed E-state index contributed by atoms with van der Waals surface area (Å²) in [6.45, 7) is 8.29. The van der Waals surface area contributed by atoms with E-state index < -0.39 is 0 Å². The number of unbranched alkanes of at least 4 members (excludes halogenated alkanes) is 1. The molecule has 2 unspecified atom stereocenters. The van der Waals surface area contributed by atoms with Gasteiger partial charge in [0.05, 0.1) is 17.1 Å². The largest absolute Gasteiger partial charge is 0.303 e. The normalized spacial score (nSPS) is 20.5. The fourth-order valence-electron chi connectivity index (χ4n) is 5.85. The number of Topliss-reactive ketones (excluding diaryl/α,β-unsaturated/α-hetero) is 1. The molecule has 0 spiro atoms. The standard InChI is InChI=1S/C34H37FN2O2S/c1-24-18-25(2)22-36(21-24)17-7-6-10-31(38)28-13-16-32-30(20-28)37(23-27-11-14-29(35)15-12-27)34(39)33(40-32)19-26-8-4-3-5-9-26/h3-5,8-9,11-16,19-20,24-25H,6-7,10,17-18,21-23H2,1-2H3/b33-19-. The van der Waals surface area contributed by atoms with E-state index in [-0.39, 0.29) is 17.5 Å². The molecule has 0 saturated carbocycles. The number of amides is 1. The number of thioether (sulfide) groups is 1. The molecular weight excluding hydrogens is 519 g/mol. The maximum Gasteiger partial charge on any atom is 0.265 e. The number of anilines is 1. The van der Waals surface area contributed by atoms with Crippen LogP contribution in [0.15, 0.2) is 82.6 Å². The molecule has 5 rings (SSSR count). The Morgan fingerprint density at radius 3 is 2.42 bits per heavy atom. The fraction of sp³-hybridized carbons (Fsp3) is 0.353. The van der Waals surface area contributed by atoms with Crippen molar-refractivity contribution in [3.8, 4) is 0 Å². The van der Waals surface area contributed by atoms with Gasteiger partial charge in [-0.3, -0.25) is 9.59 Å². The Balaban J connectivity index is 1.32. The molecule has 0 aromatic heterocycles. The maximum absolute atomic E-state index is 13.7. The minimum atomic E-state index is -0.313. The van der Waals surface area contributed by atoms with Crippen molar-refractivity contribution in [1.29, 1.82) is 0 Å². The van der Waals surface area contributed by atoms with E-state index in [2.05, 4.69) is 18.7 Å². The molecule has 6 heteroatoms. The highest BCUT2D eigenvalue weighted by Gasteiger charge is 2.30. The van der Waals surface area contributed by atoms with Crippen molar-refractivity contribution < 1.29 is 14.0 Å². The minimum absolute atomic E-state index is 0.105. The molecule has 1 fully saturated rings. The van der Waals surface area contributed by atoms with Crippen LogP contribution in [0.3, 0.4) is 0 Å². The first-order valence-electron chi connectivity index (χ1n) is 14.3. The van der Waals surface area contributed by atoms with E-state index in [0.717, 1.165) is 66.0 Å². The number of likely N-dealkylation sites (tertiary alicyclic amines) is 1. The Bertz CT molecular complexity index is 1360. The van der Waals surface area contributed by atoms with Gasteiger partial charge in [0, 0.05) is 30.0 Å². The van der Waals surface area contributed by atoms with Crippen LogP contribution >= 0.6 is 11.8 Å². The fourth-order valence-corrected chi connectivity index (χ4v) is 6.89. The Kier molecular flexibility index (Phi) is 9.18. The van der Waals surface area contributed by atoms with Gasteiger partial charge in [0.15, 0.2) is 5.78 Å². The summed E-state index contributed by atoms with van der Waals surface area (Å²) in [5.41, 5.74) is 3.13. The van der Waals surface area contributed by atoms with Crippen LogP contribution in [0.2, 0.25) is 0 Å². The van der Waals surface area contributed by atoms with Gasteiger partial charge in [0.2, 0.25) is 0 Å². The van der Waals surface area contributed by atoms with Crippen molar-refractivity contribution in [2.75, 3.05) is 24.5 Å². The zero-order valence-corrected chi connectivity index (χ0v) is 24.1. The smallest absolute Gasteiger partial charge is 0.265 e. The zero-order chi connectivity index (χ0) is 28.1. The molecule has 3 aromatic rings. The van der Waals surface area contributed by atoms with Crippen LogP contribution < -0.4 is 4.90 Å². The molecule has 0 N–H and O–H groups in total. The predicted octanol–water partition coefficient (Wildman–Crippen LogP) is 7.84. The van der Waals surface area contributed by atoms with Crippen LogP contribution in [-0.2, 0) is 11.3 Å². The quantitative estimate of drug-likeness (QED) is 0.153. The highest BCUT2D eigenvalue weighted by molar-refractivity contribution is 8.04. The summed E-state index contributed by atoms with van der Waals surface area (Å²) >= 11 is 1.43. The van der Waals surface area contributed by atoms with Crippen molar-refractivity contribution >= 4 is 35.2 Å². The Labute approximate surface area is 241 Å². The summed E-state index contributed by atoms with van der Waals surface area (Å²) in [6, 6.07) is 21.7. The lowest BCUT2D eigenvalue weighted by molar-refractivity contribution is -0.114. The SMILES string of the molecule is CC1CC(C)CN(CCCCC(=O)c2ccc3c(c2)N(Cc2ccc(F)cc2)C(=O)/C(=C/c2ccccc2)S3)C1. The van der Waals surface area contributed by atoms with E-state index in [1.165, 1.54) is 30.3 Å². The molecule has 1 amide bonds. The number of hydrogen-bond acceptors (Lipinski definition) is 4. The van der Waals surface area contributed by atoms with E-state index in [4.69, 9.17) is 0 Å². The van der Waals surface area contributed by atoms with Crippen molar-refractivity contribution in [1.82, 2.24) is 4.90 Å². The topological polar surface area (TPSA) is 40.6 Å². The van der Waals surface area contributed by atoms with E-state index in [1.807, 2.05) is 54.6 Å². The molecular formula is C34H37FN2O2S. The first-order valence-corrected chi connectivity index (χ1v) is 15.1. The van der Waals surface area contributed by atoms with Gasteiger partial charge in [-0.05, 0) is 79.1 Å². The minimum Gasteiger partial charge on any atom is -0.303 e. The van der Waals surface area contributed by atoms with Gasteiger partial charge in [-0.25, -0.2) is 4.39 Å². The Hall–Kier alpha value is -3.22.